The van der Waals surface area contributed by atoms with Gasteiger partial charge in [-0.3, -0.25) is 9.59 Å². The lowest BCUT2D eigenvalue weighted by Crippen LogP contribution is -2.61. The van der Waals surface area contributed by atoms with Gasteiger partial charge in [-0.1, -0.05) is 51.1 Å². The third-order valence-corrected chi connectivity index (χ3v) is 6.40. The Morgan fingerprint density at radius 1 is 1.15 bits per heavy atom. The maximum absolute atomic E-state index is 16.6. The van der Waals surface area contributed by atoms with Crippen molar-refractivity contribution < 1.29 is 33.0 Å². The first kappa shape index (κ1) is 26.3. The number of carbonyl (C=O) groups is 4. The van der Waals surface area contributed by atoms with Crippen LogP contribution in [0, 0.1) is 0 Å². The van der Waals surface area contributed by atoms with Crippen molar-refractivity contribution in [3.8, 4) is 0 Å². The molecule has 1 aromatic rings. The van der Waals surface area contributed by atoms with Crippen LogP contribution < -0.4 is 5.32 Å². The van der Waals surface area contributed by atoms with Gasteiger partial charge in [-0.15, -0.1) is 0 Å². The van der Waals surface area contributed by atoms with E-state index in [1.807, 2.05) is 20.8 Å². The lowest BCUT2D eigenvalue weighted by molar-refractivity contribution is -0.153. The number of imide groups is 1. The topological polar surface area (TPSA) is 102 Å². The van der Waals surface area contributed by atoms with E-state index in [0.29, 0.717) is 24.2 Å². The summed E-state index contributed by atoms with van der Waals surface area (Å²) in [5, 5.41) is 2.40. The number of alkyl halides is 1. The maximum atomic E-state index is 16.6. The standard InChI is InChI=1S/C24H33FN2O6/c1-7-23(8-2,9-3)33-20(30)26-18(17-13-11-10-12-14-17)24(25,16(4)28)19(29)27-21(31)32-15-22(27,5)6/h10-14,18H,7-9,15H2,1-6H3,(H,26,30)/t18-,24+/m1/s1. The predicted molar refractivity (Wildman–Crippen MR) is 119 cm³/mol. The Morgan fingerprint density at radius 2 is 1.70 bits per heavy atom. The van der Waals surface area contributed by atoms with Gasteiger partial charge in [0.05, 0.1) is 5.54 Å². The van der Waals surface area contributed by atoms with Gasteiger partial charge in [0.15, 0.2) is 5.78 Å². The van der Waals surface area contributed by atoms with Crippen LogP contribution in [-0.4, -0.2) is 52.2 Å². The van der Waals surface area contributed by atoms with Gasteiger partial charge in [0.2, 0.25) is 0 Å². The summed E-state index contributed by atoms with van der Waals surface area (Å²) in [6.07, 6.45) is -0.421. The minimum atomic E-state index is -3.28. The Balaban J connectivity index is 2.54. The van der Waals surface area contributed by atoms with E-state index in [9.17, 15) is 19.2 Å². The number of nitrogens with one attached hydrogen (secondary N) is 1. The largest absolute Gasteiger partial charge is 0.447 e. The van der Waals surface area contributed by atoms with Crippen molar-refractivity contribution in [1.29, 1.82) is 0 Å². The lowest BCUT2D eigenvalue weighted by Gasteiger charge is -2.37. The molecule has 0 bridgehead atoms. The van der Waals surface area contributed by atoms with E-state index in [2.05, 4.69) is 5.32 Å². The molecule has 0 spiro atoms. The predicted octanol–water partition coefficient (Wildman–Crippen LogP) is 4.48. The molecule has 1 aliphatic heterocycles. The molecule has 1 aliphatic rings. The number of nitrogens with zero attached hydrogens (tertiary/aromatic N) is 1. The number of rotatable bonds is 9. The maximum Gasteiger partial charge on any atom is 0.417 e. The van der Waals surface area contributed by atoms with E-state index >= 15 is 4.39 Å². The Kier molecular flexibility index (Phi) is 7.87. The molecule has 9 heteroatoms. The minimum Gasteiger partial charge on any atom is -0.447 e. The summed E-state index contributed by atoms with van der Waals surface area (Å²) in [5.74, 6) is -2.56. The zero-order chi connectivity index (χ0) is 25.0. The number of benzene rings is 1. The average molecular weight is 465 g/mol. The monoisotopic (exact) mass is 464 g/mol. The van der Waals surface area contributed by atoms with Crippen LogP contribution in [0.3, 0.4) is 0 Å². The Morgan fingerprint density at radius 3 is 2.12 bits per heavy atom. The third kappa shape index (κ3) is 5.02. The Bertz CT molecular complexity index is 891. The van der Waals surface area contributed by atoms with Gasteiger partial charge in [0.25, 0.3) is 11.6 Å². The molecular formula is C24H33FN2O6. The van der Waals surface area contributed by atoms with E-state index in [1.165, 1.54) is 26.0 Å². The molecule has 1 saturated heterocycles. The van der Waals surface area contributed by atoms with Crippen LogP contribution in [0.1, 0.15) is 72.4 Å². The third-order valence-electron chi connectivity index (χ3n) is 6.40. The number of halogens is 1. The number of ether oxygens (including phenoxy) is 2. The number of amides is 3. The van der Waals surface area contributed by atoms with Gasteiger partial charge in [0.1, 0.15) is 18.2 Å². The number of carbonyl (C=O) groups excluding carboxylic acids is 4. The van der Waals surface area contributed by atoms with Crippen molar-refractivity contribution in [2.24, 2.45) is 0 Å². The number of alkyl carbamates (subject to hydrolysis) is 1. The Hall–Kier alpha value is -2.97. The zero-order valence-electron chi connectivity index (χ0n) is 20.1. The zero-order valence-corrected chi connectivity index (χ0v) is 20.1. The van der Waals surface area contributed by atoms with Crippen LogP contribution in [0.15, 0.2) is 30.3 Å². The quantitative estimate of drug-likeness (QED) is 0.541. The SMILES string of the molecule is CCC(CC)(CC)OC(=O)N[C@H](c1ccccc1)[C@@](F)(C(C)=O)C(=O)N1C(=O)OCC1(C)C. The van der Waals surface area contributed by atoms with Crippen LogP contribution in [0.25, 0.3) is 0 Å². The summed E-state index contributed by atoms with van der Waals surface area (Å²) in [5.41, 5.74) is -5.06. The fraction of sp³-hybridized carbons (Fsp3) is 0.583. The normalized spacial score (nSPS) is 18.2. The summed E-state index contributed by atoms with van der Waals surface area (Å²) in [6.45, 7) is 9.41. The molecule has 2 atom stereocenters. The highest BCUT2D eigenvalue weighted by Crippen LogP contribution is 2.37. The van der Waals surface area contributed by atoms with Crippen molar-refractivity contribution >= 4 is 23.9 Å². The Labute approximate surface area is 193 Å². The summed E-state index contributed by atoms with van der Waals surface area (Å²) < 4.78 is 27.2. The summed E-state index contributed by atoms with van der Waals surface area (Å²) in [4.78, 5) is 51.9. The van der Waals surface area contributed by atoms with Crippen LogP contribution >= 0.6 is 0 Å². The van der Waals surface area contributed by atoms with Crippen molar-refractivity contribution in [2.45, 2.75) is 83.7 Å². The molecule has 8 nitrogen and oxygen atoms in total. The second kappa shape index (κ2) is 9.89. The number of ketones is 1. The molecule has 0 aromatic heterocycles. The molecule has 1 heterocycles. The molecule has 0 radical (unpaired) electrons. The van der Waals surface area contributed by atoms with Gasteiger partial charge in [-0.05, 0) is 45.6 Å². The summed E-state index contributed by atoms with van der Waals surface area (Å²) in [7, 11) is 0. The molecular weight excluding hydrogens is 431 g/mol. The average Bonchev–Trinajstić information content (AvgIpc) is 3.07. The van der Waals surface area contributed by atoms with Crippen molar-refractivity contribution in [1.82, 2.24) is 10.2 Å². The molecule has 0 unspecified atom stereocenters. The second-order valence-electron chi connectivity index (χ2n) is 8.90. The number of Topliss-reactive ketones (excluding diaryl/α,β-unsaturated/α-hetero) is 1. The molecule has 1 fully saturated rings. The van der Waals surface area contributed by atoms with Crippen molar-refractivity contribution in [3.05, 3.63) is 35.9 Å². The fourth-order valence-electron chi connectivity index (χ4n) is 3.98. The van der Waals surface area contributed by atoms with Crippen molar-refractivity contribution in [2.75, 3.05) is 6.61 Å². The second-order valence-corrected chi connectivity index (χ2v) is 8.90. The fourth-order valence-corrected chi connectivity index (χ4v) is 3.98. The van der Waals surface area contributed by atoms with E-state index in [0.717, 1.165) is 6.92 Å². The first-order chi connectivity index (χ1) is 15.4. The van der Waals surface area contributed by atoms with Gasteiger partial charge >= 0.3 is 12.2 Å². The highest BCUT2D eigenvalue weighted by molar-refractivity contribution is 6.14. The molecule has 0 aliphatic carbocycles. The number of hydrogen-bond donors (Lipinski definition) is 1. The van der Waals surface area contributed by atoms with E-state index in [-0.39, 0.29) is 12.2 Å². The molecule has 1 aromatic carbocycles. The van der Waals surface area contributed by atoms with Crippen LogP contribution in [0.4, 0.5) is 14.0 Å². The van der Waals surface area contributed by atoms with E-state index in [1.54, 1.807) is 18.2 Å². The number of cyclic esters (lactones) is 1. The van der Waals surface area contributed by atoms with Gasteiger partial charge in [-0.2, -0.15) is 0 Å². The molecule has 33 heavy (non-hydrogen) atoms. The smallest absolute Gasteiger partial charge is 0.417 e. The van der Waals surface area contributed by atoms with Gasteiger partial charge in [-0.25, -0.2) is 18.9 Å². The van der Waals surface area contributed by atoms with Gasteiger partial charge in [0, 0.05) is 0 Å². The van der Waals surface area contributed by atoms with Crippen LogP contribution in [0.2, 0.25) is 0 Å². The van der Waals surface area contributed by atoms with E-state index in [4.69, 9.17) is 9.47 Å². The molecule has 1 N–H and O–H groups in total. The highest BCUT2D eigenvalue weighted by Gasteiger charge is 2.59. The van der Waals surface area contributed by atoms with Crippen molar-refractivity contribution in [3.63, 3.8) is 0 Å². The summed E-state index contributed by atoms with van der Waals surface area (Å²) >= 11 is 0. The molecule has 0 saturated carbocycles. The lowest BCUT2D eigenvalue weighted by atomic mass is 9.84. The van der Waals surface area contributed by atoms with Crippen LogP contribution in [-0.2, 0) is 19.1 Å². The molecule has 182 valence electrons. The first-order valence-corrected chi connectivity index (χ1v) is 11.1. The first-order valence-electron chi connectivity index (χ1n) is 11.1. The highest BCUT2D eigenvalue weighted by atomic mass is 19.1. The molecule has 2 rings (SSSR count). The van der Waals surface area contributed by atoms with Gasteiger partial charge < -0.3 is 14.8 Å². The molecule has 3 amide bonds. The summed E-state index contributed by atoms with van der Waals surface area (Å²) in [6, 6.07) is 6.08. The van der Waals surface area contributed by atoms with E-state index < -0.39 is 46.7 Å². The van der Waals surface area contributed by atoms with Crippen LogP contribution in [0.5, 0.6) is 0 Å². The minimum absolute atomic E-state index is 0.150. The number of hydrogen-bond acceptors (Lipinski definition) is 6.